The maximum Gasteiger partial charge on any atom is 0.194 e. The lowest BCUT2D eigenvalue weighted by atomic mass is 9.91. The van der Waals surface area contributed by atoms with Crippen LogP contribution in [0.5, 0.6) is 0 Å². The summed E-state index contributed by atoms with van der Waals surface area (Å²) >= 11 is 0. The summed E-state index contributed by atoms with van der Waals surface area (Å²) in [6, 6.07) is 0. The smallest absolute Gasteiger partial charge is 0.194 e. The minimum absolute atomic E-state index is 0.00579. The van der Waals surface area contributed by atoms with Crippen molar-refractivity contribution in [1.29, 1.82) is 0 Å². The van der Waals surface area contributed by atoms with Gasteiger partial charge in [0.1, 0.15) is 0 Å². The highest BCUT2D eigenvalue weighted by Crippen LogP contribution is 2.32. The molecule has 1 rings (SSSR count). The molecule has 0 aromatic carbocycles. The minimum Gasteiger partial charge on any atom is -0.871 e. The van der Waals surface area contributed by atoms with Crippen LogP contribution in [-0.4, -0.2) is 15.8 Å². The zero-order valence-corrected chi connectivity index (χ0v) is 13.2. The highest BCUT2D eigenvalue weighted by Gasteiger charge is 2.40. The molecule has 2 heteroatoms. The summed E-state index contributed by atoms with van der Waals surface area (Å²) in [5, 5.41) is 12.7. The van der Waals surface area contributed by atoms with Gasteiger partial charge in [0.05, 0.1) is 0 Å². The summed E-state index contributed by atoms with van der Waals surface area (Å²) in [4.78, 5) is 0. The first-order chi connectivity index (χ1) is 8.61. The predicted octanol–water partition coefficient (Wildman–Crippen LogP) is 3.39. The van der Waals surface area contributed by atoms with Crippen LogP contribution in [0.1, 0.15) is 54.4 Å². The maximum absolute atomic E-state index is 12.7. The van der Waals surface area contributed by atoms with Gasteiger partial charge in [-0.2, -0.15) is 4.58 Å². The SMILES string of the molecule is C=C/C=C/C(=C(/[O-])C(C)(C)C)[N+]1=C(C)CCC1(C)C. The van der Waals surface area contributed by atoms with Crippen LogP contribution in [0.15, 0.2) is 36.3 Å². The molecule has 0 spiro atoms. The summed E-state index contributed by atoms with van der Waals surface area (Å²) in [5.41, 5.74) is 1.68. The first kappa shape index (κ1) is 15.7. The van der Waals surface area contributed by atoms with Crippen molar-refractivity contribution in [1.82, 2.24) is 0 Å². The molecule has 0 saturated carbocycles. The van der Waals surface area contributed by atoms with Crippen molar-refractivity contribution < 1.29 is 9.68 Å². The fourth-order valence-corrected chi connectivity index (χ4v) is 2.55. The quantitative estimate of drug-likeness (QED) is 0.434. The van der Waals surface area contributed by atoms with Crippen LogP contribution >= 0.6 is 0 Å². The second kappa shape index (κ2) is 5.36. The van der Waals surface area contributed by atoms with Gasteiger partial charge < -0.3 is 5.11 Å². The van der Waals surface area contributed by atoms with Gasteiger partial charge in [-0.1, -0.05) is 45.3 Å². The fraction of sp³-hybridized carbons (Fsp3) is 0.588. The van der Waals surface area contributed by atoms with E-state index < -0.39 is 0 Å². The van der Waals surface area contributed by atoms with Crippen LogP contribution in [0, 0.1) is 5.41 Å². The van der Waals surface area contributed by atoms with Crippen molar-refractivity contribution in [2.45, 2.75) is 59.9 Å². The molecule has 0 saturated heterocycles. The summed E-state index contributed by atoms with van der Waals surface area (Å²) < 4.78 is 2.21. The zero-order chi connectivity index (χ0) is 14.8. The van der Waals surface area contributed by atoms with Crippen molar-refractivity contribution in [2.24, 2.45) is 5.41 Å². The maximum atomic E-state index is 12.7. The molecule has 106 valence electrons. The Morgan fingerprint density at radius 3 is 2.32 bits per heavy atom. The van der Waals surface area contributed by atoms with Crippen LogP contribution in [0.25, 0.3) is 0 Å². The van der Waals surface area contributed by atoms with Gasteiger partial charge in [0.15, 0.2) is 16.9 Å². The summed E-state index contributed by atoms with van der Waals surface area (Å²) in [5.74, 6) is 0.180. The van der Waals surface area contributed by atoms with Crippen molar-refractivity contribution >= 4 is 5.71 Å². The molecule has 0 aliphatic carbocycles. The first-order valence-corrected chi connectivity index (χ1v) is 6.95. The normalized spacial score (nSPS) is 20.9. The molecule has 0 aromatic heterocycles. The van der Waals surface area contributed by atoms with Gasteiger partial charge in [0.25, 0.3) is 0 Å². The van der Waals surface area contributed by atoms with E-state index >= 15 is 0 Å². The zero-order valence-electron chi connectivity index (χ0n) is 13.2. The van der Waals surface area contributed by atoms with E-state index in [1.165, 1.54) is 5.71 Å². The molecule has 19 heavy (non-hydrogen) atoms. The van der Waals surface area contributed by atoms with E-state index in [0.29, 0.717) is 0 Å². The van der Waals surface area contributed by atoms with Gasteiger partial charge in [-0.15, -0.1) is 0 Å². The molecule has 1 heterocycles. The second-order valence-corrected chi connectivity index (χ2v) is 6.94. The van der Waals surface area contributed by atoms with E-state index in [4.69, 9.17) is 0 Å². The Labute approximate surface area is 117 Å². The number of hydrogen-bond donors (Lipinski definition) is 0. The van der Waals surface area contributed by atoms with Gasteiger partial charge in [-0.05, 0) is 5.41 Å². The van der Waals surface area contributed by atoms with E-state index in [9.17, 15) is 5.11 Å². The van der Waals surface area contributed by atoms with Gasteiger partial charge in [0, 0.05) is 39.7 Å². The number of rotatable bonds is 3. The third-order valence-corrected chi connectivity index (χ3v) is 3.63. The molecule has 0 N–H and O–H groups in total. The summed E-state index contributed by atoms with van der Waals surface area (Å²) in [6.07, 6.45) is 7.60. The van der Waals surface area contributed by atoms with Gasteiger partial charge >= 0.3 is 0 Å². The molecule has 1 aliphatic rings. The fourth-order valence-electron chi connectivity index (χ4n) is 2.55. The minimum atomic E-state index is -0.375. The molecular formula is C17H27NO. The Hall–Kier alpha value is -1.31. The Kier molecular flexibility index (Phi) is 4.44. The van der Waals surface area contributed by atoms with Crippen molar-refractivity contribution in [2.75, 3.05) is 0 Å². The van der Waals surface area contributed by atoms with Crippen LogP contribution in [0.3, 0.4) is 0 Å². The first-order valence-electron chi connectivity index (χ1n) is 6.95. The molecule has 0 atom stereocenters. The van der Waals surface area contributed by atoms with E-state index in [0.717, 1.165) is 18.5 Å². The van der Waals surface area contributed by atoms with E-state index in [1.807, 2.05) is 32.9 Å². The van der Waals surface area contributed by atoms with Gasteiger partial charge in [0.2, 0.25) is 0 Å². The van der Waals surface area contributed by atoms with Crippen molar-refractivity contribution in [3.63, 3.8) is 0 Å². The largest absolute Gasteiger partial charge is 0.871 e. The molecule has 2 nitrogen and oxygen atoms in total. The third-order valence-electron chi connectivity index (χ3n) is 3.63. The average Bonchev–Trinajstić information content (AvgIpc) is 2.54. The second-order valence-electron chi connectivity index (χ2n) is 6.94. The molecule has 0 amide bonds. The molecule has 0 unspecified atom stereocenters. The highest BCUT2D eigenvalue weighted by molar-refractivity contribution is 5.79. The Morgan fingerprint density at radius 1 is 1.37 bits per heavy atom. The molecule has 1 aliphatic heterocycles. The van der Waals surface area contributed by atoms with Crippen LogP contribution in [0.2, 0.25) is 0 Å². The lowest BCUT2D eigenvalue weighted by Gasteiger charge is -2.30. The lowest BCUT2D eigenvalue weighted by Crippen LogP contribution is -2.36. The van der Waals surface area contributed by atoms with Crippen LogP contribution in [-0.2, 0) is 0 Å². The molecule has 0 fully saturated rings. The summed E-state index contributed by atoms with van der Waals surface area (Å²) in [7, 11) is 0. The van der Waals surface area contributed by atoms with Crippen LogP contribution in [0.4, 0.5) is 0 Å². The van der Waals surface area contributed by atoms with E-state index in [2.05, 4.69) is 31.9 Å². The van der Waals surface area contributed by atoms with Crippen LogP contribution < -0.4 is 5.11 Å². The summed E-state index contributed by atoms with van der Waals surface area (Å²) in [6.45, 7) is 16.1. The Balaban J connectivity index is 3.47. The van der Waals surface area contributed by atoms with Gasteiger partial charge in [-0.3, -0.25) is 0 Å². The number of nitrogens with zero attached hydrogens (tertiary/aromatic N) is 1. The Bertz CT molecular complexity index is 456. The van der Waals surface area contributed by atoms with Crippen molar-refractivity contribution in [3.05, 3.63) is 36.3 Å². The molecule has 0 aromatic rings. The lowest BCUT2D eigenvalue weighted by molar-refractivity contribution is -0.552. The standard InChI is InChI=1S/C17H27NO/c1-8-9-10-14(15(19)16(3,4)5)18-13(2)11-12-17(18,6)7/h8-10H,1,11-12H2,2-7H3/b10-9+,15-14-. The van der Waals surface area contributed by atoms with Gasteiger partial charge in [-0.25, -0.2) is 0 Å². The molecule has 0 radical (unpaired) electrons. The Morgan fingerprint density at radius 2 is 1.95 bits per heavy atom. The molecule has 0 bridgehead atoms. The number of allylic oxidation sites excluding steroid dienone is 4. The topological polar surface area (TPSA) is 26.1 Å². The predicted molar refractivity (Wildman–Crippen MR) is 80.1 cm³/mol. The average molecular weight is 261 g/mol. The molecular weight excluding hydrogens is 234 g/mol. The highest BCUT2D eigenvalue weighted by atomic mass is 16.3. The van der Waals surface area contributed by atoms with E-state index in [-0.39, 0.29) is 16.7 Å². The van der Waals surface area contributed by atoms with E-state index in [1.54, 1.807) is 6.08 Å². The third kappa shape index (κ3) is 3.37. The van der Waals surface area contributed by atoms with Crippen molar-refractivity contribution in [3.8, 4) is 0 Å². The number of hydrogen-bond acceptors (Lipinski definition) is 1. The monoisotopic (exact) mass is 261 g/mol.